The van der Waals surface area contributed by atoms with Crippen molar-refractivity contribution in [2.24, 2.45) is 5.41 Å². The maximum absolute atomic E-state index is 13.4. The van der Waals surface area contributed by atoms with Crippen LogP contribution in [0.2, 0.25) is 0 Å². The number of fused-ring (bicyclic) bond motifs is 1. The third-order valence-electron chi connectivity index (χ3n) is 6.39. The van der Waals surface area contributed by atoms with Crippen LogP contribution in [0.1, 0.15) is 57.4 Å². The van der Waals surface area contributed by atoms with Gasteiger partial charge in [0, 0.05) is 36.1 Å². The molecule has 3 aromatic rings. The van der Waals surface area contributed by atoms with E-state index >= 15 is 0 Å². The molecule has 3 heterocycles. The van der Waals surface area contributed by atoms with Gasteiger partial charge in [-0.1, -0.05) is 19.1 Å². The zero-order valence-corrected chi connectivity index (χ0v) is 21.3. The van der Waals surface area contributed by atoms with E-state index in [-0.39, 0.29) is 23.7 Å². The van der Waals surface area contributed by atoms with Gasteiger partial charge in [0.2, 0.25) is 6.36 Å². The second-order valence-electron chi connectivity index (χ2n) is 10.3. The van der Waals surface area contributed by atoms with E-state index in [4.69, 9.17) is 9.84 Å². The number of carbonyl (C=O) groups is 1. The Kier molecular flexibility index (Phi) is 6.25. The van der Waals surface area contributed by atoms with Gasteiger partial charge < -0.3 is 9.84 Å². The zero-order valence-electron chi connectivity index (χ0n) is 20.4. The van der Waals surface area contributed by atoms with Crippen LogP contribution < -0.4 is 4.74 Å². The molecule has 0 aliphatic carbocycles. The Morgan fingerprint density at radius 2 is 1.97 bits per heavy atom. The molecule has 188 valence electrons. The first-order valence-electron chi connectivity index (χ1n) is 11.4. The van der Waals surface area contributed by atoms with E-state index in [9.17, 15) is 22.7 Å². The smallest absolute Gasteiger partial charge is 0.235 e. The average molecular weight is 504 g/mol. The molecule has 4 rings (SSSR count). The molecule has 8 nitrogen and oxygen atoms in total. The Balaban J connectivity index is 1.78. The number of hydrogen-bond acceptors (Lipinski definition) is 7. The largest absolute Gasteiger partial charge is 0.461 e. The van der Waals surface area contributed by atoms with Crippen molar-refractivity contribution in [1.29, 1.82) is 0 Å². The lowest BCUT2D eigenvalue weighted by atomic mass is 9.86. The third-order valence-corrected chi connectivity index (χ3v) is 8.66. The van der Waals surface area contributed by atoms with Gasteiger partial charge in [-0.05, 0) is 39.0 Å². The number of pyridine rings is 1. The molecule has 0 bridgehead atoms. The average Bonchev–Trinajstić information content (AvgIpc) is 3.09. The summed E-state index contributed by atoms with van der Waals surface area (Å²) in [5, 5.41) is 15.4. The molecule has 1 aromatic carbocycles. The van der Waals surface area contributed by atoms with Crippen LogP contribution in [0.25, 0.3) is 22.3 Å². The fraction of sp³-hybridized carbons (Fsp3) is 0.480. The van der Waals surface area contributed by atoms with E-state index in [0.29, 0.717) is 33.6 Å². The molecule has 1 N–H and O–H groups in total. The van der Waals surface area contributed by atoms with Crippen molar-refractivity contribution < 1.29 is 27.4 Å². The Labute approximate surface area is 204 Å². The summed E-state index contributed by atoms with van der Waals surface area (Å²) in [5.41, 5.74) is 0.862. The number of aromatic nitrogens is 3. The first kappa shape index (κ1) is 25.2. The molecule has 1 saturated heterocycles. The second kappa shape index (κ2) is 8.67. The molecule has 10 heteroatoms. The van der Waals surface area contributed by atoms with Crippen LogP contribution in [0.5, 0.6) is 5.75 Å². The summed E-state index contributed by atoms with van der Waals surface area (Å²) < 4.78 is 43.5. The number of rotatable bonds is 8. The maximum atomic E-state index is 13.4. The van der Waals surface area contributed by atoms with Gasteiger partial charge >= 0.3 is 0 Å². The minimum absolute atomic E-state index is 0.00482. The van der Waals surface area contributed by atoms with Crippen molar-refractivity contribution in [3.8, 4) is 17.0 Å². The van der Waals surface area contributed by atoms with Crippen LogP contribution in [-0.4, -0.2) is 57.5 Å². The molecule has 1 aliphatic heterocycles. The van der Waals surface area contributed by atoms with E-state index in [2.05, 4.69) is 4.98 Å². The first-order valence-corrected chi connectivity index (χ1v) is 13.3. The van der Waals surface area contributed by atoms with Crippen LogP contribution in [-0.2, 0) is 9.84 Å². The fourth-order valence-electron chi connectivity index (χ4n) is 4.48. The lowest BCUT2D eigenvalue weighted by Gasteiger charge is -2.37. The first-order chi connectivity index (χ1) is 16.2. The Bertz CT molecular complexity index is 1380. The minimum atomic E-state index is -3.07. The van der Waals surface area contributed by atoms with Gasteiger partial charge in [-0.15, -0.1) is 0 Å². The molecule has 2 atom stereocenters. The summed E-state index contributed by atoms with van der Waals surface area (Å²) in [6.07, 6.45) is 0.0894. The van der Waals surface area contributed by atoms with Gasteiger partial charge in [0.25, 0.3) is 0 Å². The van der Waals surface area contributed by atoms with E-state index in [1.54, 1.807) is 55.8 Å². The monoisotopic (exact) mass is 503 g/mol. The van der Waals surface area contributed by atoms with Crippen LogP contribution in [0.15, 0.2) is 36.5 Å². The van der Waals surface area contributed by atoms with Crippen LogP contribution in [0, 0.1) is 5.41 Å². The van der Waals surface area contributed by atoms with Gasteiger partial charge in [0.1, 0.15) is 17.0 Å². The summed E-state index contributed by atoms with van der Waals surface area (Å²) in [6.45, 7) is 8.24. The number of alkyl halides is 1. The predicted molar refractivity (Wildman–Crippen MR) is 131 cm³/mol. The molecule has 0 radical (unpaired) electrons. The molecule has 1 aliphatic rings. The Hall–Kier alpha value is -2.85. The third kappa shape index (κ3) is 5.23. The van der Waals surface area contributed by atoms with Crippen LogP contribution >= 0.6 is 0 Å². The number of sulfone groups is 1. The Morgan fingerprint density at radius 1 is 1.29 bits per heavy atom. The summed E-state index contributed by atoms with van der Waals surface area (Å²) in [6, 6.07) is 8.05. The highest BCUT2D eigenvalue weighted by Gasteiger charge is 2.45. The number of halogens is 1. The van der Waals surface area contributed by atoms with Gasteiger partial charge in [-0.2, -0.15) is 5.10 Å². The molecule has 35 heavy (non-hydrogen) atoms. The molecule has 1 fully saturated rings. The number of aliphatic hydroxyl groups is 1. The zero-order chi connectivity index (χ0) is 25.8. The quantitative estimate of drug-likeness (QED) is 0.460. The SMILES string of the molecule is CC(F)Oc1cccc(-c2nn([C@H](C)C(C)(C)O)c3cc(C(=O)CC4(C)CS(=O)(=O)C4)cnc23)c1. The summed E-state index contributed by atoms with van der Waals surface area (Å²) in [5.74, 6) is 0.130. The summed E-state index contributed by atoms with van der Waals surface area (Å²) in [7, 11) is -3.07. The van der Waals surface area contributed by atoms with Gasteiger partial charge in [0.05, 0.1) is 28.7 Å². The normalized spacial score (nSPS) is 18.6. The van der Waals surface area contributed by atoms with Gasteiger partial charge in [-0.3, -0.25) is 14.5 Å². The number of ether oxygens (including phenoxy) is 1. The van der Waals surface area contributed by atoms with Crippen molar-refractivity contribution >= 4 is 26.7 Å². The fourth-order valence-corrected chi connectivity index (χ4v) is 6.72. The molecule has 0 spiro atoms. The molecular formula is C25H30FN3O5S. The van der Waals surface area contributed by atoms with Crippen molar-refractivity contribution in [3.63, 3.8) is 0 Å². The van der Waals surface area contributed by atoms with E-state index in [1.807, 2.05) is 6.92 Å². The highest BCUT2D eigenvalue weighted by atomic mass is 32.2. The van der Waals surface area contributed by atoms with Crippen LogP contribution in [0.3, 0.4) is 0 Å². The lowest BCUT2D eigenvalue weighted by Crippen LogP contribution is -2.47. The number of carbonyl (C=O) groups excluding carboxylic acids is 1. The molecule has 2 aromatic heterocycles. The number of benzene rings is 1. The minimum Gasteiger partial charge on any atom is -0.461 e. The molecule has 0 saturated carbocycles. The number of ketones is 1. The second-order valence-corrected chi connectivity index (χ2v) is 12.4. The van der Waals surface area contributed by atoms with E-state index in [0.717, 1.165) is 0 Å². The van der Waals surface area contributed by atoms with Gasteiger partial charge in [0.15, 0.2) is 15.6 Å². The summed E-state index contributed by atoms with van der Waals surface area (Å²) >= 11 is 0. The lowest BCUT2D eigenvalue weighted by molar-refractivity contribution is 0.0276. The topological polar surface area (TPSA) is 111 Å². The van der Waals surface area contributed by atoms with Crippen molar-refractivity contribution in [2.45, 2.75) is 59.0 Å². The van der Waals surface area contributed by atoms with E-state index < -0.39 is 33.3 Å². The highest BCUT2D eigenvalue weighted by Crippen LogP contribution is 2.38. The number of nitrogens with zero attached hydrogens (tertiary/aromatic N) is 3. The molecule has 1 unspecified atom stereocenters. The van der Waals surface area contributed by atoms with Crippen molar-refractivity contribution in [3.05, 3.63) is 42.1 Å². The van der Waals surface area contributed by atoms with Gasteiger partial charge in [-0.25, -0.2) is 12.8 Å². The Morgan fingerprint density at radius 3 is 2.57 bits per heavy atom. The van der Waals surface area contributed by atoms with Crippen molar-refractivity contribution in [1.82, 2.24) is 14.8 Å². The van der Waals surface area contributed by atoms with Crippen molar-refractivity contribution in [2.75, 3.05) is 11.5 Å². The molecule has 0 amide bonds. The van der Waals surface area contributed by atoms with Crippen LogP contribution in [0.4, 0.5) is 4.39 Å². The number of Topliss-reactive ketones (excluding diaryl/α,β-unsaturated/α-hetero) is 1. The van der Waals surface area contributed by atoms with E-state index in [1.165, 1.54) is 13.1 Å². The highest BCUT2D eigenvalue weighted by molar-refractivity contribution is 7.92. The predicted octanol–water partition coefficient (Wildman–Crippen LogP) is 4.13. The standard InChI is InChI=1S/C25H30FN3O5S/c1-15(24(3,4)31)29-20-10-18(21(30)11-25(5)13-35(32,33)14-25)12-27-23(20)22(28-29)17-7-6-8-19(9-17)34-16(2)26/h6-10,12,15-16,31H,11,13-14H2,1-5H3/t15-,16?/m1/s1. The number of hydrogen-bond donors (Lipinski definition) is 1. The maximum Gasteiger partial charge on any atom is 0.235 e. The summed E-state index contributed by atoms with van der Waals surface area (Å²) in [4.78, 5) is 17.6. The molecular weight excluding hydrogens is 473 g/mol.